The molecule has 1 aromatic carbocycles. The third-order valence-electron chi connectivity index (χ3n) is 4.63. The molecule has 1 fully saturated rings. The van der Waals surface area contributed by atoms with Crippen molar-refractivity contribution in [2.24, 2.45) is 5.73 Å². The average molecular weight is 288 g/mol. The summed E-state index contributed by atoms with van der Waals surface area (Å²) in [6.45, 7) is 0. The average Bonchev–Trinajstić information content (AvgIpc) is 3.02. The Kier molecular flexibility index (Phi) is 3.45. The Morgan fingerprint density at radius 1 is 1.29 bits per heavy atom. The summed E-state index contributed by atoms with van der Waals surface area (Å²) in [5, 5.41) is 9.40. The molecular weight excluding hydrogens is 268 g/mol. The van der Waals surface area contributed by atoms with Gasteiger partial charge in [-0.2, -0.15) is 0 Å². The predicted molar refractivity (Wildman–Crippen MR) is 79.1 cm³/mol. The van der Waals surface area contributed by atoms with Gasteiger partial charge < -0.3 is 10.8 Å². The third kappa shape index (κ3) is 2.53. The standard InChI is InChI=1S/C16H20N2O3/c17-16(7-3-4-8-16)10-14(19)18-12-6-2-1-5-11(12)9-13(18)15(20)21/h1-2,5-6,13H,3-4,7-10,17H2,(H,20,21)/t13-/m0/s1. The number of amides is 1. The SMILES string of the molecule is NC1(CC(=O)N2c3ccccc3C[C@H]2C(=O)O)CCCC1. The highest BCUT2D eigenvalue weighted by molar-refractivity contribution is 6.02. The van der Waals surface area contributed by atoms with E-state index in [0.29, 0.717) is 6.42 Å². The molecule has 0 unspecified atom stereocenters. The van der Waals surface area contributed by atoms with Gasteiger partial charge in [0.2, 0.25) is 5.91 Å². The van der Waals surface area contributed by atoms with E-state index in [1.807, 2.05) is 24.3 Å². The minimum atomic E-state index is -0.961. The van der Waals surface area contributed by atoms with Crippen molar-refractivity contribution in [3.05, 3.63) is 29.8 Å². The number of nitrogens with two attached hydrogens (primary N) is 1. The second kappa shape index (κ2) is 5.15. The van der Waals surface area contributed by atoms with Crippen molar-refractivity contribution in [1.29, 1.82) is 0 Å². The molecule has 1 aliphatic heterocycles. The molecule has 1 aliphatic carbocycles. The summed E-state index contributed by atoms with van der Waals surface area (Å²) in [5.41, 5.74) is 7.45. The van der Waals surface area contributed by atoms with Crippen molar-refractivity contribution >= 4 is 17.6 Å². The van der Waals surface area contributed by atoms with Crippen molar-refractivity contribution in [3.8, 4) is 0 Å². The van der Waals surface area contributed by atoms with E-state index in [1.165, 1.54) is 4.90 Å². The molecule has 5 heteroatoms. The number of carbonyl (C=O) groups is 2. The van der Waals surface area contributed by atoms with E-state index in [-0.39, 0.29) is 12.3 Å². The van der Waals surface area contributed by atoms with E-state index in [9.17, 15) is 14.7 Å². The lowest BCUT2D eigenvalue weighted by Gasteiger charge is -2.28. The first-order valence-electron chi connectivity index (χ1n) is 7.42. The van der Waals surface area contributed by atoms with Crippen LogP contribution in [0.1, 0.15) is 37.7 Å². The molecule has 112 valence electrons. The van der Waals surface area contributed by atoms with E-state index in [2.05, 4.69) is 0 Å². The molecule has 0 aromatic heterocycles. The van der Waals surface area contributed by atoms with E-state index in [4.69, 9.17) is 5.73 Å². The van der Waals surface area contributed by atoms with Crippen LogP contribution < -0.4 is 10.6 Å². The van der Waals surface area contributed by atoms with Crippen LogP contribution in [-0.4, -0.2) is 28.6 Å². The Bertz CT molecular complexity index is 579. The van der Waals surface area contributed by atoms with Gasteiger partial charge in [0.15, 0.2) is 0 Å². The largest absolute Gasteiger partial charge is 0.480 e. The summed E-state index contributed by atoms with van der Waals surface area (Å²) in [7, 11) is 0. The van der Waals surface area contributed by atoms with E-state index in [1.54, 1.807) is 0 Å². The highest BCUT2D eigenvalue weighted by atomic mass is 16.4. The number of para-hydroxylation sites is 1. The molecule has 3 N–H and O–H groups in total. The second-order valence-electron chi connectivity index (χ2n) is 6.20. The molecule has 1 amide bonds. The summed E-state index contributed by atoms with van der Waals surface area (Å²) >= 11 is 0. The van der Waals surface area contributed by atoms with Gasteiger partial charge in [-0.15, -0.1) is 0 Å². The number of carbonyl (C=O) groups excluding carboxylic acids is 1. The number of anilines is 1. The van der Waals surface area contributed by atoms with Crippen LogP contribution in [0.4, 0.5) is 5.69 Å². The van der Waals surface area contributed by atoms with Gasteiger partial charge in [0.1, 0.15) is 6.04 Å². The number of benzene rings is 1. The minimum Gasteiger partial charge on any atom is -0.480 e. The molecule has 1 heterocycles. The van der Waals surface area contributed by atoms with Crippen LogP contribution in [0.3, 0.4) is 0 Å². The molecule has 0 spiro atoms. The maximum atomic E-state index is 12.7. The number of hydrogen-bond donors (Lipinski definition) is 2. The lowest BCUT2D eigenvalue weighted by atomic mass is 9.94. The molecule has 21 heavy (non-hydrogen) atoms. The summed E-state index contributed by atoms with van der Waals surface area (Å²) in [6, 6.07) is 6.59. The van der Waals surface area contributed by atoms with Gasteiger partial charge in [-0.25, -0.2) is 4.79 Å². The van der Waals surface area contributed by atoms with Gasteiger partial charge >= 0.3 is 5.97 Å². The summed E-state index contributed by atoms with van der Waals surface area (Å²) in [4.78, 5) is 25.6. The van der Waals surface area contributed by atoms with E-state index in [0.717, 1.165) is 36.9 Å². The van der Waals surface area contributed by atoms with Gasteiger partial charge in [0.05, 0.1) is 0 Å². The first kappa shape index (κ1) is 14.1. The normalized spacial score (nSPS) is 23.1. The lowest BCUT2D eigenvalue weighted by Crippen LogP contribution is -2.48. The fourth-order valence-electron chi connectivity index (χ4n) is 3.53. The zero-order valence-corrected chi connectivity index (χ0v) is 11.9. The third-order valence-corrected chi connectivity index (χ3v) is 4.63. The van der Waals surface area contributed by atoms with Gasteiger partial charge in [-0.1, -0.05) is 31.0 Å². The predicted octanol–water partition coefficient (Wildman–Crippen LogP) is 1.69. The van der Waals surface area contributed by atoms with Gasteiger partial charge in [-0.05, 0) is 24.5 Å². The number of hydrogen-bond acceptors (Lipinski definition) is 3. The molecule has 1 atom stereocenters. The molecule has 0 saturated heterocycles. The van der Waals surface area contributed by atoms with Crippen LogP contribution in [0.15, 0.2) is 24.3 Å². The molecule has 1 saturated carbocycles. The number of carboxylic acids is 1. The number of rotatable bonds is 3. The van der Waals surface area contributed by atoms with Gasteiger partial charge in [0, 0.05) is 24.1 Å². The smallest absolute Gasteiger partial charge is 0.327 e. The molecule has 1 aromatic rings. The van der Waals surface area contributed by atoms with Crippen LogP contribution in [0.5, 0.6) is 0 Å². The molecule has 3 rings (SSSR count). The second-order valence-corrected chi connectivity index (χ2v) is 6.20. The summed E-state index contributed by atoms with van der Waals surface area (Å²) in [5.74, 6) is -1.13. The highest BCUT2D eigenvalue weighted by Gasteiger charge is 2.41. The van der Waals surface area contributed by atoms with Gasteiger partial charge in [-0.3, -0.25) is 9.69 Å². The van der Waals surface area contributed by atoms with Crippen molar-refractivity contribution in [2.45, 2.75) is 50.1 Å². The maximum Gasteiger partial charge on any atom is 0.327 e. The first-order valence-corrected chi connectivity index (χ1v) is 7.42. The van der Waals surface area contributed by atoms with Crippen LogP contribution in [0.25, 0.3) is 0 Å². The Balaban J connectivity index is 1.87. The van der Waals surface area contributed by atoms with Crippen molar-refractivity contribution in [1.82, 2.24) is 0 Å². The quantitative estimate of drug-likeness (QED) is 0.886. The lowest BCUT2D eigenvalue weighted by molar-refractivity contribution is -0.140. The maximum absolute atomic E-state index is 12.7. The highest BCUT2D eigenvalue weighted by Crippen LogP contribution is 2.36. The van der Waals surface area contributed by atoms with Crippen LogP contribution >= 0.6 is 0 Å². The monoisotopic (exact) mass is 288 g/mol. The Hall–Kier alpha value is -1.88. The zero-order valence-electron chi connectivity index (χ0n) is 11.9. The number of aliphatic carboxylic acids is 1. The van der Waals surface area contributed by atoms with Crippen molar-refractivity contribution in [3.63, 3.8) is 0 Å². The first-order chi connectivity index (χ1) is 10.0. The van der Waals surface area contributed by atoms with Crippen LogP contribution in [0.2, 0.25) is 0 Å². The number of carboxylic acid groups (broad SMARTS) is 1. The van der Waals surface area contributed by atoms with Crippen LogP contribution in [0, 0.1) is 0 Å². The molecule has 0 radical (unpaired) electrons. The Labute approximate surface area is 123 Å². The van der Waals surface area contributed by atoms with E-state index < -0.39 is 17.6 Å². The van der Waals surface area contributed by atoms with E-state index >= 15 is 0 Å². The van der Waals surface area contributed by atoms with Crippen molar-refractivity contribution in [2.75, 3.05) is 4.90 Å². The van der Waals surface area contributed by atoms with Crippen molar-refractivity contribution < 1.29 is 14.7 Å². The Morgan fingerprint density at radius 2 is 1.95 bits per heavy atom. The number of nitrogens with zero attached hydrogens (tertiary/aromatic N) is 1. The molecule has 5 nitrogen and oxygen atoms in total. The minimum absolute atomic E-state index is 0.170. The molecular formula is C16H20N2O3. The summed E-state index contributed by atoms with van der Waals surface area (Å²) in [6.07, 6.45) is 4.36. The molecule has 2 aliphatic rings. The topological polar surface area (TPSA) is 83.6 Å². The fourth-order valence-corrected chi connectivity index (χ4v) is 3.53. The molecule has 0 bridgehead atoms. The fraction of sp³-hybridized carbons (Fsp3) is 0.500. The van der Waals surface area contributed by atoms with Gasteiger partial charge in [0.25, 0.3) is 0 Å². The zero-order chi connectivity index (χ0) is 15.0. The number of fused-ring (bicyclic) bond motifs is 1. The Morgan fingerprint density at radius 3 is 2.62 bits per heavy atom. The summed E-state index contributed by atoms with van der Waals surface area (Å²) < 4.78 is 0. The van der Waals surface area contributed by atoms with Crippen LogP contribution in [-0.2, 0) is 16.0 Å².